The molecule has 0 bridgehead atoms. The van der Waals surface area contributed by atoms with Crippen LogP contribution >= 0.6 is 34.4 Å². The first-order valence-electron chi connectivity index (χ1n) is 10.1. The van der Waals surface area contributed by atoms with Gasteiger partial charge in [0.1, 0.15) is 10.7 Å². The lowest BCUT2D eigenvalue weighted by Gasteiger charge is -2.23. The summed E-state index contributed by atoms with van der Waals surface area (Å²) in [7, 11) is 4.04. The third-order valence-corrected chi connectivity index (χ3v) is 8.44. The van der Waals surface area contributed by atoms with Gasteiger partial charge in [-0.1, -0.05) is 6.07 Å². The first kappa shape index (κ1) is 21.5. The zero-order chi connectivity index (χ0) is 21.1. The topological polar surface area (TPSA) is 78.1 Å². The average molecular weight is 463 g/mol. The van der Waals surface area contributed by atoms with Gasteiger partial charge in [-0.2, -0.15) is 0 Å². The number of rotatable bonds is 8. The minimum Gasteiger partial charge on any atom is -0.353 e. The maximum Gasteiger partial charge on any atom is 0.259 e. The molecule has 0 fully saturated rings. The minimum atomic E-state index is -0.0378. The molecule has 0 saturated carbocycles. The van der Waals surface area contributed by atoms with Crippen molar-refractivity contribution in [3.63, 3.8) is 0 Å². The number of hydrogen-bond acceptors (Lipinski definition) is 7. The van der Waals surface area contributed by atoms with E-state index in [1.807, 2.05) is 20.2 Å². The highest BCUT2D eigenvalue weighted by Gasteiger charge is 2.20. The Morgan fingerprint density at radius 3 is 2.97 bits per heavy atom. The fourth-order valence-electron chi connectivity index (χ4n) is 3.80. The van der Waals surface area contributed by atoms with Crippen LogP contribution in [0.1, 0.15) is 40.0 Å². The summed E-state index contributed by atoms with van der Waals surface area (Å²) in [5.74, 6) is 1.50. The Balaban J connectivity index is 1.32. The van der Waals surface area contributed by atoms with Crippen LogP contribution in [0.4, 0.5) is 0 Å². The summed E-state index contributed by atoms with van der Waals surface area (Å²) < 4.78 is 0. The summed E-state index contributed by atoms with van der Waals surface area (Å²) in [5.41, 5.74) is 1.17. The number of aryl methyl sites for hydroxylation is 2. The predicted octanol–water partition coefficient (Wildman–Crippen LogP) is 3.58. The molecule has 0 aliphatic heterocycles. The smallest absolute Gasteiger partial charge is 0.259 e. The molecule has 1 amide bonds. The molecule has 1 aliphatic carbocycles. The number of thioether (sulfide) groups is 1. The van der Waals surface area contributed by atoms with E-state index < -0.39 is 0 Å². The van der Waals surface area contributed by atoms with Gasteiger partial charge in [0, 0.05) is 16.3 Å². The Labute approximate surface area is 188 Å². The molecule has 0 aromatic carbocycles. The van der Waals surface area contributed by atoms with Crippen LogP contribution in [0, 0.1) is 0 Å². The second-order valence-corrected chi connectivity index (χ2v) is 10.7. The van der Waals surface area contributed by atoms with Crippen molar-refractivity contribution in [2.75, 3.05) is 26.4 Å². The number of H-pyrrole nitrogens is 1. The van der Waals surface area contributed by atoms with Crippen molar-refractivity contribution in [3.05, 3.63) is 49.0 Å². The molecular formula is C21H26N4O2S3. The lowest BCUT2D eigenvalue weighted by Crippen LogP contribution is -2.35. The van der Waals surface area contributed by atoms with E-state index in [0.717, 1.165) is 29.5 Å². The number of fused-ring (bicyclic) bond motifs is 3. The van der Waals surface area contributed by atoms with Crippen molar-refractivity contribution in [2.24, 2.45) is 0 Å². The van der Waals surface area contributed by atoms with Crippen LogP contribution in [0.3, 0.4) is 0 Å². The first-order chi connectivity index (χ1) is 14.5. The molecule has 0 saturated heterocycles. The van der Waals surface area contributed by atoms with E-state index in [2.05, 4.69) is 31.6 Å². The van der Waals surface area contributed by atoms with Gasteiger partial charge < -0.3 is 15.2 Å². The summed E-state index contributed by atoms with van der Waals surface area (Å²) in [6.45, 7) is 0.578. The van der Waals surface area contributed by atoms with Gasteiger partial charge in [0.25, 0.3) is 5.56 Å². The number of amides is 1. The highest BCUT2D eigenvalue weighted by atomic mass is 32.2. The third-order valence-electron chi connectivity index (χ3n) is 5.33. The van der Waals surface area contributed by atoms with Gasteiger partial charge in [-0.05, 0) is 56.8 Å². The van der Waals surface area contributed by atoms with Gasteiger partial charge in [0.05, 0.1) is 22.9 Å². The lowest BCUT2D eigenvalue weighted by molar-refractivity contribution is -0.118. The Morgan fingerprint density at radius 1 is 1.37 bits per heavy atom. The molecule has 2 N–H and O–H groups in total. The van der Waals surface area contributed by atoms with Gasteiger partial charge in [0.2, 0.25) is 5.91 Å². The monoisotopic (exact) mass is 462 g/mol. The van der Waals surface area contributed by atoms with Gasteiger partial charge in [-0.15, -0.1) is 34.4 Å². The quantitative estimate of drug-likeness (QED) is 0.535. The Bertz CT molecular complexity index is 1070. The standard InChI is InChI=1S/C21H26N4O2S3/c1-25(2)14(16-8-5-9-29-16)10-22-18(26)12-28-11-17-23-20(27)19-13-6-3-4-7-15(13)30-21(19)24-17/h5,8-9,14H,3-4,6-7,10-12H2,1-2H3,(H,22,26)(H,23,24,27). The Kier molecular flexibility index (Phi) is 6.92. The number of thiophene rings is 2. The van der Waals surface area contributed by atoms with Crippen molar-refractivity contribution in [1.82, 2.24) is 20.2 Å². The molecule has 1 unspecified atom stereocenters. The largest absolute Gasteiger partial charge is 0.353 e. The van der Waals surface area contributed by atoms with Gasteiger partial charge in [-0.25, -0.2) is 4.98 Å². The molecule has 3 aromatic rings. The van der Waals surface area contributed by atoms with E-state index in [1.54, 1.807) is 22.7 Å². The third kappa shape index (κ3) is 4.80. The molecule has 6 nitrogen and oxygen atoms in total. The van der Waals surface area contributed by atoms with Crippen LogP contribution in [-0.4, -0.2) is 47.2 Å². The van der Waals surface area contributed by atoms with E-state index in [4.69, 9.17) is 0 Å². The molecule has 0 radical (unpaired) electrons. The van der Waals surface area contributed by atoms with Crippen molar-refractivity contribution in [2.45, 2.75) is 37.5 Å². The summed E-state index contributed by atoms with van der Waals surface area (Å²) >= 11 is 4.83. The van der Waals surface area contributed by atoms with E-state index in [1.165, 1.54) is 33.5 Å². The van der Waals surface area contributed by atoms with E-state index in [0.29, 0.717) is 23.9 Å². The number of nitrogens with one attached hydrogen (secondary N) is 2. The molecule has 3 heterocycles. The molecular weight excluding hydrogens is 436 g/mol. The minimum absolute atomic E-state index is 0.00146. The molecule has 0 spiro atoms. The number of hydrogen-bond donors (Lipinski definition) is 2. The Morgan fingerprint density at radius 2 is 2.20 bits per heavy atom. The maximum absolute atomic E-state index is 12.6. The van der Waals surface area contributed by atoms with Gasteiger partial charge in [0.15, 0.2) is 0 Å². The Hall–Kier alpha value is -1.68. The highest BCUT2D eigenvalue weighted by molar-refractivity contribution is 7.99. The second-order valence-electron chi connectivity index (χ2n) is 7.70. The number of carbonyl (C=O) groups excluding carboxylic acids is 1. The molecule has 1 aliphatic rings. The van der Waals surface area contributed by atoms with Crippen LogP contribution < -0.4 is 10.9 Å². The molecule has 4 rings (SSSR count). The molecule has 9 heteroatoms. The van der Waals surface area contributed by atoms with Crippen LogP contribution in [0.5, 0.6) is 0 Å². The molecule has 3 aromatic heterocycles. The van der Waals surface area contributed by atoms with Gasteiger partial charge >= 0.3 is 0 Å². The van der Waals surface area contributed by atoms with Crippen LogP contribution in [0.25, 0.3) is 10.2 Å². The number of nitrogens with zero attached hydrogens (tertiary/aromatic N) is 2. The van der Waals surface area contributed by atoms with E-state index in [9.17, 15) is 9.59 Å². The van der Waals surface area contributed by atoms with Gasteiger partial charge in [-0.3, -0.25) is 9.59 Å². The summed E-state index contributed by atoms with van der Waals surface area (Å²) in [6, 6.07) is 4.30. The van der Waals surface area contributed by atoms with E-state index >= 15 is 0 Å². The number of aromatic amines is 1. The maximum atomic E-state index is 12.6. The zero-order valence-electron chi connectivity index (χ0n) is 17.2. The normalized spacial score (nSPS) is 14.8. The fourth-order valence-corrected chi connectivity index (χ4v) is 6.72. The molecule has 160 valence electrons. The second kappa shape index (κ2) is 9.64. The number of carbonyl (C=O) groups is 1. The van der Waals surface area contributed by atoms with Crippen LogP contribution in [-0.2, 0) is 23.4 Å². The zero-order valence-corrected chi connectivity index (χ0v) is 19.6. The summed E-state index contributed by atoms with van der Waals surface area (Å²) in [5, 5.41) is 5.86. The molecule has 1 atom stereocenters. The summed E-state index contributed by atoms with van der Waals surface area (Å²) in [6.07, 6.45) is 4.37. The van der Waals surface area contributed by atoms with Crippen molar-refractivity contribution in [1.29, 1.82) is 0 Å². The molecule has 30 heavy (non-hydrogen) atoms. The predicted molar refractivity (Wildman–Crippen MR) is 127 cm³/mol. The highest BCUT2D eigenvalue weighted by Crippen LogP contribution is 2.33. The van der Waals surface area contributed by atoms with Crippen molar-refractivity contribution >= 4 is 50.6 Å². The van der Waals surface area contributed by atoms with Crippen LogP contribution in [0.15, 0.2) is 22.3 Å². The first-order valence-corrected chi connectivity index (χ1v) is 13.0. The van der Waals surface area contributed by atoms with Crippen molar-refractivity contribution < 1.29 is 4.79 Å². The summed E-state index contributed by atoms with van der Waals surface area (Å²) in [4.78, 5) is 38.0. The lowest BCUT2D eigenvalue weighted by atomic mass is 9.97. The van der Waals surface area contributed by atoms with E-state index in [-0.39, 0.29) is 17.5 Å². The fraction of sp³-hybridized carbons (Fsp3) is 0.476. The number of likely N-dealkylation sites (N-methyl/N-ethyl adjacent to an activating group) is 1. The average Bonchev–Trinajstić information content (AvgIpc) is 3.35. The number of aromatic nitrogens is 2. The van der Waals surface area contributed by atoms with Crippen molar-refractivity contribution in [3.8, 4) is 0 Å². The van der Waals surface area contributed by atoms with Crippen LogP contribution in [0.2, 0.25) is 0 Å². The SMILES string of the molecule is CN(C)C(CNC(=O)CSCc1nc2sc3c(c2c(=O)[nH]1)CCCC3)c1cccs1.